The smallest absolute Gasteiger partial charge is 0.179 e. The van der Waals surface area contributed by atoms with E-state index in [1.165, 1.54) is 6.07 Å². The van der Waals surface area contributed by atoms with E-state index in [1.807, 2.05) is 19.1 Å². The van der Waals surface area contributed by atoms with Crippen LogP contribution in [0.1, 0.15) is 11.1 Å². The molecule has 5 heteroatoms. The van der Waals surface area contributed by atoms with E-state index in [2.05, 4.69) is 5.32 Å². The summed E-state index contributed by atoms with van der Waals surface area (Å²) in [6, 6.07) is 8.75. The number of hydrogen-bond donors (Lipinski definition) is 1. The Kier molecular flexibility index (Phi) is 3.88. The highest BCUT2D eigenvalue weighted by Gasteiger charge is 2.16. The van der Waals surface area contributed by atoms with Crippen molar-refractivity contribution in [3.63, 3.8) is 0 Å². The molecule has 0 saturated carbocycles. The number of aryl methyl sites for hydroxylation is 1. The molecule has 0 saturated heterocycles. The fraction of sp³-hybridized carbons (Fsp3) is 0.250. The second-order valence-electron chi connectivity index (χ2n) is 4.94. The van der Waals surface area contributed by atoms with Gasteiger partial charge in [0.05, 0.1) is 10.7 Å². The normalized spacial score (nSPS) is 13.1. The third-order valence-electron chi connectivity index (χ3n) is 3.26. The molecule has 2 aromatic rings. The van der Waals surface area contributed by atoms with Crippen LogP contribution in [0.2, 0.25) is 5.02 Å². The van der Waals surface area contributed by atoms with Crippen molar-refractivity contribution in [2.24, 2.45) is 0 Å². The van der Waals surface area contributed by atoms with Gasteiger partial charge in [0, 0.05) is 6.54 Å². The van der Waals surface area contributed by atoms with Gasteiger partial charge in [0.15, 0.2) is 11.5 Å². The molecule has 0 bridgehead atoms. The van der Waals surface area contributed by atoms with Gasteiger partial charge >= 0.3 is 0 Å². The van der Waals surface area contributed by atoms with Crippen LogP contribution in [0.3, 0.4) is 0 Å². The van der Waals surface area contributed by atoms with E-state index >= 15 is 0 Å². The Morgan fingerprint density at radius 3 is 2.81 bits per heavy atom. The lowest BCUT2D eigenvalue weighted by Gasteiger charge is -2.20. The molecule has 0 spiro atoms. The van der Waals surface area contributed by atoms with Crippen molar-refractivity contribution in [3.8, 4) is 11.5 Å². The Labute approximate surface area is 127 Å². The lowest BCUT2D eigenvalue weighted by molar-refractivity contribution is 0.171. The first-order chi connectivity index (χ1) is 10.1. The maximum atomic E-state index is 13.8. The van der Waals surface area contributed by atoms with Crippen LogP contribution in [0, 0.1) is 12.7 Å². The molecule has 0 atom stereocenters. The molecule has 21 heavy (non-hydrogen) atoms. The molecule has 0 unspecified atom stereocenters. The molecule has 2 aromatic carbocycles. The molecule has 0 amide bonds. The molecule has 110 valence electrons. The van der Waals surface area contributed by atoms with E-state index in [1.54, 1.807) is 12.1 Å². The van der Waals surface area contributed by atoms with Crippen molar-refractivity contribution in [1.82, 2.24) is 0 Å². The fourth-order valence-electron chi connectivity index (χ4n) is 2.23. The van der Waals surface area contributed by atoms with Crippen LogP contribution < -0.4 is 14.8 Å². The van der Waals surface area contributed by atoms with Crippen LogP contribution >= 0.6 is 11.6 Å². The highest BCUT2D eigenvalue weighted by atomic mass is 35.5. The first-order valence-electron chi connectivity index (χ1n) is 6.71. The van der Waals surface area contributed by atoms with Crippen molar-refractivity contribution in [3.05, 3.63) is 52.3 Å². The van der Waals surface area contributed by atoms with E-state index in [4.69, 9.17) is 21.1 Å². The summed E-state index contributed by atoms with van der Waals surface area (Å²) in [7, 11) is 0. The minimum atomic E-state index is -0.265. The molecule has 1 aliphatic rings. The number of benzene rings is 2. The molecule has 1 N–H and O–H groups in total. The van der Waals surface area contributed by atoms with E-state index in [9.17, 15) is 4.39 Å². The van der Waals surface area contributed by atoms with Crippen LogP contribution in [-0.2, 0) is 6.54 Å². The predicted octanol–water partition coefficient (Wildman–Crippen LogP) is 4.17. The molecule has 1 aliphatic heterocycles. The minimum Gasteiger partial charge on any atom is -0.486 e. The molecule has 1 heterocycles. The second-order valence-corrected chi connectivity index (χ2v) is 5.35. The standard InChI is InChI=1S/C16H15ClFNO2/c1-10-2-3-14(13(18)6-10)19-9-11-7-12(17)16-15(8-11)20-4-5-21-16/h2-3,6-8,19H,4-5,9H2,1H3. The number of fused-ring (bicyclic) bond motifs is 1. The summed E-state index contributed by atoms with van der Waals surface area (Å²) in [6.07, 6.45) is 0. The van der Waals surface area contributed by atoms with Gasteiger partial charge in [-0.3, -0.25) is 0 Å². The van der Waals surface area contributed by atoms with Gasteiger partial charge in [-0.2, -0.15) is 0 Å². The molecule has 3 rings (SSSR count). The van der Waals surface area contributed by atoms with Crippen molar-refractivity contribution >= 4 is 17.3 Å². The van der Waals surface area contributed by atoms with Gasteiger partial charge in [0.2, 0.25) is 0 Å². The van der Waals surface area contributed by atoms with E-state index in [0.717, 1.165) is 11.1 Å². The number of hydrogen-bond acceptors (Lipinski definition) is 3. The molecular weight excluding hydrogens is 293 g/mol. The highest BCUT2D eigenvalue weighted by molar-refractivity contribution is 6.32. The first kappa shape index (κ1) is 14.0. The molecule has 0 aromatic heterocycles. The van der Waals surface area contributed by atoms with Gasteiger partial charge in [-0.1, -0.05) is 17.7 Å². The second kappa shape index (κ2) is 5.82. The number of rotatable bonds is 3. The zero-order chi connectivity index (χ0) is 14.8. The Bertz CT molecular complexity index is 676. The Morgan fingerprint density at radius 1 is 1.19 bits per heavy atom. The first-order valence-corrected chi connectivity index (χ1v) is 7.09. The summed E-state index contributed by atoms with van der Waals surface area (Å²) in [5.74, 6) is 0.946. The van der Waals surface area contributed by atoms with Gasteiger partial charge in [0.25, 0.3) is 0 Å². The van der Waals surface area contributed by atoms with Gasteiger partial charge in [-0.25, -0.2) is 4.39 Å². The monoisotopic (exact) mass is 307 g/mol. The van der Waals surface area contributed by atoms with E-state index in [-0.39, 0.29) is 5.82 Å². The molecule has 0 radical (unpaired) electrons. The van der Waals surface area contributed by atoms with Gasteiger partial charge in [-0.15, -0.1) is 0 Å². The largest absolute Gasteiger partial charge is 0.486 e. The van der Waals surface area contributed by atoms with Gasteiger partial charge < -0.3 is 14.8 Å². The SMILES string of the molecule is Cc1ccc(NCc2cc(Cl)c3c(c2)OCCO3)c(F)c1. The van der Waals surface area contributed by atoms with Crippen LogP contribution in [0.5, 0.6) is 11.5 Å². The zero-order valence-corrected chi connectivity index (χ0v) is 12.3. The van der Waals surface area contributed by atoms with Crippen LogP contribution in [0.4, 0.5) is 10.1 Å². The Morgan fingerprint density at radius 2 is 2.00 bits per heavy atom. The van der Waals surface area contributed by atoms with Crippen molar-refractivity contribution < 1.29 is 13.9 Å². The average molecular weight is 308 g/mol. The zero-order valence-electron chi connectivity index (χ0n) is 11.6. The van der Waals surface area contributed by atoms with Gasteiger partial charge in [0.1, 0.15) is 19.0 Å². The number of ether oxygens (including phenoxy) is 2. The highest BCUT2D eigenvalue weighted by Crippen LogP contribution is 2.38. The molecule has 3 nitrogen and oxygen atoms in total. The number of anilines is 1. The lowest BCUT2D eigenvalue weighted by atomic mass is 10.1. The summed E-state index contributed by atoms with van der Waals surface area (Å²) < 4.78 is 24.8. The number of halogens is 2. The Balaban J connectivity index is 1.77. The summed E-state index contributed by atoms with van der Waals surface area (Å²) in [6.45, 7) is 3.31. The molecular formula is C16H15ClFNO2. The maximum Gasteiger partial charge on any atom is 0.179 e. The van der Waals surface area contributed by atoms with Crippen LogP contribution in [-0.4, -0.2) is 13.2 Å². The third kappa shape index (κ3) is 3.05. The summed E-state index contributed by atoms with van der Waals surface area (Å²) in [5.41, 5.74) is 2.26. The Hall–Kier alpha value is -1.94. The summed E-state index contributed by atoms with van der Waals surface area (Å²) in [5, 5.41) is 3.57. The minimum absolute atomic E-state index is 0.265. The summed E-state index contributed by atoms with van der Waals surface area (Å²) in [4.78, 5) is 0. The maximum absolute atomic E-state index is 13.8. The number of nitrogens with one attached hydrogen (secondary N) is 1. The van der Waals surface area contributed by atoms with Crippen LogP contribution in [0.25, 0.3) is 0 Å². The topological polar surface area (TPSA) is 30.5 Å². The van der Waals surface area contributed by atoms with Gasteiger partial charge in [-0.05, 0) is 42.3 Å². The summed E-state index contributed by atoms with van der Waals surface area (Å²) >= 11 is 6.17. The quantitative estimate of drug-likeness (QED) is 0.923. The van der Waals surface area contributed by atoms with Crippen molar-refractivity contribution in [2.75, 3.05) is 18.5 Å². The van der Waals surface area contributed by atoms with E-state index < -0.39 is 0 Å². The lowest BCUT2D eigenvalue weighted by Crippen LogP contribution is -2.16. The van der Waals surface area contributed by atoms with Crippen LogP contribution in [0.15, 0.2) is 30.3 Å². The predicted molar refractivity (Wildman–Crippen MR) is 80.9 cm³/mol. The van der Waals surface area contributed by atoms with E-state index in [0.29, 0.717) is 42.0 Å². The molecule has 0 aliphatic carbocycles. The van der Waals surface area contributed by atoms with Crippen molar-refractivity contribution in [2.45, 2.75) is 13.5 Å². The molecule has 0 fully saturated rings. The van der Waals surface area contributed by atoms with Crippen molar-refractivity contribution in [1.29, 1.82) is 0 Å². The fourth-order valence-corrected chi connectivity index (χ4v) is 2.51. The third-order valence-corrected chi connectivity index (χ3v) is 3.54. The average Bonchev–Trinajstić information content (AvgIpc) is 2.46.